The van der Waals surface area contributed by atoms with Crippen molar-refractivity contribution in [1.82, 2.24) is 4.98 Å². The molecule has 100 valence electrons. The number of pyridine rings is 1. The third-order valence-corrected chi connectivity index (χ3v) is 3.79. The van der Waals surface area contributed by atoms with Gasteiger partial charge >= 0.3 is 0 Å². The summed E-state index contributed by atoms with van der Waals surface area (Å²) in [6.07, 6.45) is 0. The topological polar surface area (TPSA) is 50.9 Å². The highest BCUT2D eigenvalue weighted by molar-refractivity contribution is 7.97. The van der Waals surface area contributed by atoms with Crippen LogP contribution in [0.15, 0.2) is 36.4 Å². The first-order valence-corrected chi connectivity index (χ1v) is 7.40. The van der Waals surface area contributed by atoms with Crippen molar-refractivity contribution in [3.63, 3.8) is 0 Å². The second-order valence-corrected chi connectivity index (χ2v) is 5.63. The first kappa shape index (κ1) is 13.9. The van der Waals surface area contributed by atoms with Crippen molar-refractivity contribution in [2.45, 2.75) is 25.4 Å². The number of hydrogen-bond acceptors (Lipinski definition) is 4. The molecule has 0 radical (unpaired) electrons. The summed E-state index contributed by atoms with van der Waals surface area (Å²) in [6, 6.07) is 12.5. The van der Waals surface area contributed by atoms with Gasteiger partial charge in [0.1, 0.15) is 5.82 Å². The third kappa shape index (κ3) is 4.26. The molecular weight excluding hydrogens is 254 g/mol. The lowest BCUT2D eigenvalue weighted by atomic mass is 10.1. The molecule has 0 saturated carbocycles. The second-order valence-electron chi connectivity index (χ2n) is 4.65. The Bertz CT molecular complexity index is 535. The highest BCUT2D eigenvalue weighted by Crippen LogP contribution is 2.19. The molecule has 0 atom stereocenters. The molecule has 0 fully saturated rings. The zero-order valence-corrected chi connectivity index (χ0v) is 12.1. The Hall–Kier alpha value is -1.52. The summed E-state index contributed by atoms with van der Waals surface area (Å²) in [5.74, 6) is 7.96. The number of hydrazine groups is 1. The molecule has 3 nitrogen and oxygen atoms in total. The maximum Gasteiger partial charge on any atom is 0.140 e. The average Bonchev–Trinajstić information content (AvgIpc) is 2.38. The highest BCUT2D eigenvalue weighted by atomic mass is 32.2. The number of thioether (sulfide) groups is 1. The zero-order chi connectivity index (χ0) is 13.7. The summed E-state index contributed by atoms with van der Waals surface area (Å²) in [6.45, 7) is 4.28. The van der Waals surface area contributed by atoms with Gasteiger partial charge in [-0.15, -0.1) is 0 Å². The van der Waals surface area contributed by atoms with E-state index in [1.807, 2.05) is 30.0 Å². The van der Waals surface area contributed by atoms with Crippen molar-refractivity contribution in [2.75, 3.05) is 5.43 Å². The monoisotopic (exact) mass is 273 g/mol. The van der Waals surface area contributed by atoms with Crippen LogP contribution >= 0.6 is 11.8 Å². The van der Waals surface area contributed by atoms with E-state index in [1.54, 1.807) is 0 Å². The maximum absolute atomic E-state index is 5.35. The maximum atomic E-state index is 5.35. The summed E-state index contributed by atoms with van der Waals surface area (Å²) in [4.78, 5) is 4.40. The van der Waals surface area contributed by atoms with Crippen molar-refractivity contribution in [1.29, 1.82) is 0 Å². The van der Waals surface area contributed by atoms with E-state index in [4.69, 9.17) is 5.84 Å². The molecule has 0 spiro atoms. The van der Waals surface area contributed by atoms with Crippen LogP contribution < -0.4 is 11.3 Å². The Kier molecular flexibility index (Phi) is 4.82. The predicted molar refractivity (Wildman–Crippen MR) is 83.0 cm³/mol. The Morgan fingerprint density at radius 3 is 2.53 bits per heavy atom. The molecule has 2 rings (SSSR count). The number of aryl methyl sites for hydroxylation is 2. The predicted octanol–water partition coefficient (Wildman–Crippen LogP) is 3.42. The molecular formula is C15H19N3S. The average molecular weight is 273 g/mol. The fraction of sp³-hybridized carbons (Fsp3) is 0.267. The minimum absolute atomic E-state index is 0.713. The van der Waals surface area contributed by atoms with Gasteiger partial charge in [0.2, 0.25) is 0 Å². The van der Waals surface area contributed by atoms with E-state index in [0.29, 0.717) is 5.82 Å². The van der Waals surface area contributed by atoms with Crippen LogP contribution in [0.1, 0.15) is 22.4 Å². The molecule has 0 aliphatic heterocycles. The second kappa shape index (κ2) is 6.59. The summed E-state index contributed by atoms with van der Waals surface area (Å²) < 4.78 is 0. The van der Waals surface area contributed by atoms with Gasteiger partial charge in [-0.3, -0.25) is 0 Å². The van der Waals surface area contributed by atoms with Crippen molar-refractivity contribution in [3.05, 3.63) is 58.8 Å². The van der Waals surface area contributed by atoms with Gasteiger partial charge in [0.25, 0.3) is 0 Å². The van der Waals surface area contributed by atoms with Gasteiger partial charge in [-0.25, -0.2) is 10.8 Å². The van der Waals surface area contributed by atoms with E-state index in [-0.39, 0.29) is 0 Å². The van der Waals surface area contributed by atoms with Crippen LogP contribution in [0, 0.1) is 13.8 Å². The Balaban J connectivity index is 1.92. The van der Waals surface area contributed by atoms with E-state index in [9.17, 15) is 0 Å². The number of hydrogen-bond donors (Lipinski definition) is 2. The number of anilines is 1. The number of nitrogens with one attached hydrogen (secondary N) is 1. The Morgan fingerprint density at radius 2 is 1.84 bits per heavy atom. The molecule has 1 aromatic carbocycles. The lowest BCUT2D eigenvalue weighted by Crippen LogP contribution is -2.08. The lowest BCUT2D eigenvalue weighted by Gasteiger charge is -2.06. The summed E-state index contributed by atoms with van der Waals surface area (Å²) in [7, 11) is 0. The van der Waals surface area contributed by atoms with Crippen molar-refractivity contribution in [2.24, 2.45) is 5.84 Å². The smallest absolute Gasteiger partial charge is 0.140 e. The van der Waals surface area contributed by atoms with Crippen LogP contribution in [-0.4, -0.2) is 4.98 Å². The standard InChI is InChI=1S/C15H19N3S/c1-11-6-12(2)8-13(7-11)9-19-10-14-4-3-5-15(17-14)18-16/h3-8H,9-10,16H2,1-2H3,(H,17,18). The Morgan fingerprint density at radius 1 is 1.11 bits per heavy atom. The minimum Gasteiger partial charge on any atom is -0.308 e. The summed E-state index contributed by atoms with van der Waals surface area (Å²) >= 11 is 1.86. The fourth-order valence-electron chi connectivity index (χ4n) is 2.07. The number of rotatable bonds is 5. The number of benzene rings is 1. The summed E-state index contributed by atoms with van der Waals surface area (Å²) in [5.41, 5.74) is 7.63. The molecule has 0 aliphatic rings. The van der Waals surface area contributed by atoms with Gasteiger partial charge in [-0.1, -0.05) is 35.4 Å². The first-order valence-electron chi connectivity index (χ1n) is 6.25. The minimum atomic E-state index is 0.713. The Labute approximate surface area is 118 Å². The normalized spacial score (nSPS) is 10.5. The number of nitrogens with zero attached hydrogens (tertiary/aromatic N) is 1. The van der Waals surface area contributed by atoms with Crippen LogP contribution in [0.4, 0.5) is 5.82 Å². The van der Waals surface area contributed by atoms with Crippen LogP contribution in [0.3, 0.4) is 0 Å². The van der Waals surface area contributed by atoms with Crippen LogP contribution in [0.5, 0.6) is 0 Å². The van der Waals surface area contributed by atoms with Crippen LogP contribution in [-0.2, 0) is 11.5 Å². The SMILES string of the molecule is Cc1cc(C)cc(CSCc2cccc(NN)n2)c1. The molecule has 2 aromatic rings. The van der Waals surface area contributed by atoms with Crippen molar-refractivity contribution >= 4 is 17.6 Å². The van der Waals surface area contributed by atoms with Gasteiger partial charge in [0, 0.05) is 11.5 Å². The molecule has 0 amide bonds. The molecule has 0 saturated heterocycles. The molecule has 19 heavy (non-hydrogen) atoms. The van der Waals surface area contributed by atoms with Crippen molar-refractivity contribution in [3.8, 4) is 0 Å². The lowest BCUT2D eigenvalue weighted by molar-refractivity contribution is 1.14. The molecule has 1 aromatic heterocycles. The van der Waals surface area contributed by atoms with E-state index in [0.717, 1.165) is 17.2 Å². The van der Waals surface area contributed by atoms with Gasteiger partial charge in [-0.2, -0.15) is 11.8 Å². The van der Waals surface area contributed by atoms with E-state index >= 15 is 0 Å². The van der Waals surface area contributed by atoms with Gasteiger partial charge in [0.15, 0.2) is 0 Å². The number of aromatic nitrogens is 1. The van der Waals surface area contributed by atoms with Gasteiger partial charge in [-0.05, 0) is 31.5 Å². The largest absolute Gasteiger partial charge is 0.308 e. The van der Waals surface area contributed by atoms with E-state index in [2.05, 4.69) is 42.5 Å². The number of nitrogens with two attached hydrogens (primary N) is 1. The molecule has 1 heterocycles. The first-order chi connectivity index (χ1) is 9.17. The highest BCUT2D eigenvalue weighted by Gasteiger charge is 2.00. The van der Waals surface area contributed by atoms with Gasteiger partial charge < -0.3 is 5.43 Å². The third-order valence-electron chi connectivity index (χ3n) is 2.75. The van der Waals surface area contributed by atoms with E-state index < -0.39 is 0 Å². The van der Waals surface area contributed by atoms with E-state index in [1.165, 1.54) is 16.7 Å². The summed E-state index contributed by atoms with van der Waals surface area (Å²) in [5, 5.41) is 0. The quantitative estimate of drug-likeness (QED) is 0.647. The zero-order valence-electron chi connectivity index (χ0n) is 11.3. The molecule has 0 bridgehead atoms. The van der Waals surface area contributed by atoms with Gasteiger partial charge in [0.05, 0.1) is 5.69 Å². The molecule has 3 N–H and O–H groups in total. The molecule has 0 aliphatic carbocycles. The molecule has 4 heteroatoms. The number of nitrogen functional groups attached to an aromatic ring is 1. The van der Waals surface area contributed by atoms with Crippen LogP contribution in [0.2, 0.25) is 0 Å². The molecule has 0 unspecified atom stereocenters. The van der Waals surface area contributed by atoms with Crippen molar-refractivity contribution < 1.29 is 0 Å². The van der Waals surface area contributed by atoms with Crippen LogP contribution in [0.25, 0.3) is 0 Å². The fourth-order valence-corrected chi connectivity index (χ4v) is 2.94.